The third-order valence-corrected chi connectivity index (χ3v) is 4.76. The van der Waals surface area contributed by atoms with Crippen LogP contribution in [0.5, 0.6) is 5.75 Å². The number of carbonyl (C=O) groups is 1. The van der Waals surface area contributed by atoms with E-state index in [1.165, 1.54) is 11.1 Å². The normalized spacial score (nSPS) is 13.9. The number of ether oxygens (including phenoxy) is 1. The van der Waals surface area contributed by atoms with Crippen LogP contribution in [0.1, 0.15) is 30.4 Å². The van der Waals surface area contributed by atoms with E-state index in [1.54, 1.807) is 18.4 Å². The fourth-order valence-electron chi connectivity index (χ4n) is 2.57. The van der Waals surface area contributed by atoms with E-state index in [2.05, 4.69) is 21.7 Å². The Morgan fingerprint density at radius 3 is 2.59 bits per heavy atom. The van der Waals surface area contributed by atoms with Gasteiger partial charge in [-0.05, 0) is 59.3 Å². The molecule has 1 aliphatic rings. The highest BCUT2D eigenvalue weighted by atomic mass is 32.1. The molecule has 1 fully saturated rings. The molecule has 22 heavy (non-hydrogen) atoms. The molecule has 3 rings (SSSR count). The summed E-state index contributed by atoms with van der Waals surface area (Å²) in [5.74, 6) is 1.12. The molecular formula is C18H21NO2S. The maximum Gasteiger partial charge on any atom is 0.223 e. The third kappa shape index (κ3) is 3.89. The average molecular weight is 315 g/mol. The summed E-state index contributed by atoms with van der Waals surface area (Å²) in [6.07, 6.45) is 3.67. The third-order valence-electron chi connectivity index (χ3n) is 4.03. The van der Waals surface area contributed by atoms with Gasteiger partial charge >= 0.3 is 0 Å². The van der Waals surface area contributed by atoms with Crippen molar-refractivity contribution >= 4 is 17.2 Å². The van der Waals surface area contributed by atoms with E-state index in [9.17, 15) is 4.79 Å². The van der Waals surface area contributed by atoms with Gasteiger partial charge in [0.2, 0.25) is 5.91 Å². The number of thiophene rings is 1. The number of hydrogen-bond donors (Lipinski definition) is 0. The van der Waals surface area contributed by atoms with Crippen molar-refractivity contribution < 1.29 is 9.53 Å². The molecule has 1 heterocycles. The summed E-state index contributed by atoms with van der Waals surface area (Å²) in [5.41, 5.74) is 2.43. The minimum atomic E-state index is 0.268. The maximum atomic E-state index is 12.6. The number of hydrogen-bond acceptors (Lipinski definition) is 3. The van der Waals surface area contributed by atoms with Crippen molar-refractivity contribution in [2.24, 2.45) is 0 Å². The Kier molecular flexibility index (Phi) is 4.78. The van der Waals surface area contributed by atoms with Crippen LogP contribution in [-0.2, 0) is 17.8 Å². The van der Waals surface area contributed by atoms with Crippen molar-refractivity contribution in [3.8, 4) is 5.75 Å². The summed E-state index contributed by atoms with van der Waals surface area (Å²) in [6, 6.07) is 10.5. The monoisotopic (exact) mass is 315 g/mol. The lowest BCUT2D eigenvalue weighted by Gasteiger charge is -2.22. The van der Waals surface area contributed by atoms with Crippen molar-refractivity contribution in [3.05, 3.63) is 52.2 Å². The molecule has 0 atom stereocenters. The van der Waals surface area contributed by atoms with E-state index in [0.717, 1.165) is 31.6 Å². The second-order valence-corrected chi connectivity index (χ2v) is 6.51. The van der Waals surface area contributed by atoms with Crippen LogP contribution in [0.2, 0.25) is 0 Å². The van der Waals surface area contributed by atoms with E-state index < -0.39 is 0 Å². The van der Waals surface area contributed by atoms with Crippen molar-refractivity contribution in [3.63, 3.8) is 0 Å². The van der Waals surface area contributed by atoms with Gasteiger partial charge in [0.05, 0.1) is 7.11 Å². The van der Waals surface area contributed by atoms with Gasteiger partial charge in [0.15, 0.2) is 0 Å². The standard InChI is InChI=1S/C18H21NO2S/c1-21-17-7-2-14(3-8-17)4-9-18(20)19(16-5-6-16)12-15-10-11-22-13-15/h2-3,7-8,10-11,13,16H,4-6,9,12H2,1H3. The Labute approximate surface area is 135 Å². The smallest absolute Gasteiger partial charge is 0.223 e. The zero-order chi connectivity index (χ0) is 15.4. The highest BCUT2D eigenvalue weighted by Gasteiger charge is 2.32. The second kappa shape index (κ2) is 6.97. The first kappa shape index (κ1) is 15.1. The average Bonchev–Trinajstić information content (AvgIpc) is 3.27. The Bertz CT molecular complexity index is 603. The fourth-order valence-corrected chi connectivity index (χ4v) is 3.23. The lowest BCUT2D eigenvalue weighted by Crippen LogP contribution is -2.32. The van der Waals surface area contributed by atoms with Crippen molar-refractivity contribution in [1.29, 1.82) is 0 Å². The number of methoxy groups -OCH3 is 1. The van der Waals surface area contributed by atoms with E-state index >= 15 is 0 Å². The van der Waals surface area contributed by atoms with Gasteiger partial charge in [0.25, 0.3) is 0 Å². The van der Waals surface area contributed by atoms with Crippen LogP contribution in [0.4, 0.5) is 0 Å². The van der Waals surface area contributed by atoms with Gasteiger partial charge < -0.3 is 9.64 Å². The van der Waals surface area contributed by atoms with E-state index in [0.29, 0.717) is 12.5 Å². The Hall–Kier alpha value is -1.81. The van der Waals surface area contributed by atoms with Crippen LogP contribution in [0.15, 0.2) is 41.1 Å². The molecule has 0 saturated heterocycles. The van der Waals surface area contributed by atoms with Crippen LogP contribution >= 0.6 is 11.3 Å². The molecule has 2 aromatic rings. The number of nitrogens with zero attached hydrogens (tertiary/aromatic N) is 1. The summed E-state index contributed by atoms with van der Waals surface area (Å²) >= 11 is 1.69. The largest absolute Gasteiger partial charge is 0.497 e. The Balaban J connectivity index is 1.56. The number of rotatable bonds is 7. The van der Waals surface area contributed by atoms with E-state index in [4.69, 9.17) is 4.74 Å². The summed E-state index contributed by atoms with van der Waals surface area (Å²) in [5, 5.41) is 4.20. The molecule has 116 valence electrons. The SMILES string of the molecule is COc1ccc(CCC(=O)N(Cc2ccsc2)C2CC2)cc1. The van der Waals surface area contributed by atoms with Gasteiger partial charge in [-0.25, -0.2) is 0 Å². The highest BCUT2D eigenvalue weighted by Crippen LogP contribution is 2.29. The van der Waals surface area contributed by atoms with Crippen LogP contribution in [-0.4, -0.2) is 24.0 Å². The Morgan fingerprint density at radius 2 is 2.00 bits per heavy atom. The molecule has 0 bridgehead atoms. The summed E-state index contributed by atoms with van der Waals surface area (Å²) < 4.78 is 5.16. The first-order valence-corrected chi connectivity index (χ1v) is 8.64. The molecule has 3 nitrogen and oxygen atoms in total. The number of benzene rings is 1. The molecular weight excluding hydrogens is 294 g/mol. The van der Waals surface area contributed by atoms with Gasteiger partial charge in [0, 0.05) is 19.0 Å². The maximum absolute atomic E-state index is 12.6. The minimum absolute atomic E-state index is 0.268. The van der Waals surface area contributed by atoms with Crippen molar-refractivity contribution in [2.75, 3.05) is 7.11 Å². The second-order valence-electron chi connectivity index (χ2n) is 5.73. The quantitative estimate of drug-likeness (QED) is 0.776. The molecule has 0 radical (unpaired) electrons. The first-order chi connectivity index (χ1) is 10.8. The minimum Gasteiger partial charge on any atom is -0.497 e. The summed E-state index contributed by atoms with van der Waals surface area (Å²) in [7, 11) is 1.66. The fraction of sp³-hybridized carbons (Fsp3) is 0.389. The predicted octanol–water partition coefficient (Wildman–Crippen LogP) is 3.88. The predicted molar refractivity (Wildman–Crippen MR) is 89.2 cm³/mol. The zero-order valence-electron chi connectivity index (χ0n) is 12.8. The van der Waals surface area contributed by atoms with E-state index in [-0.39, 0.29) is 5.91 Å². The van der Waals surface area contributed by atoms with Gasteiger partial charge in [-0.2, -0.15) is 11.3 Å². The topological polar surface area (TPSA) is 29.5 Å². The van der Waals surface area contributed by atoms with Crippen LogP contribution < -0.4 is 4.74 Å². The lowest BCUT2D eigenvalue weighted by atomic mass is 10.1. The van der Waals surface area contributed by atoms with Crippen LogP contribution in [0.3, 0.4) is 0 Å². The Morgan fingerprint density at radius 1 is 1.23 bits per heavy atom. The van der Waals surface area contributed by atoms with Crippen molar-refractivity contribution in [2.45, 2.75) is 38.3 Å². The molecule has 0 N–H and O–H groups in total. The lowest BCUT2D eigenvalue weighted by molar-refractivity contribution is -0.132. The van der Waals surface area contributed by atoms with Crippen molar-refractivity contribution in [1.82, 2.24) is 4.90 Å². The number of carbonyl (C=O) groups excluding carboxylic acids is 1. The van der Waals surface area contributed by atoms with Crippen LogP contribution in [0, 0.1) is 0 Å². The molecule has 1 aromatic carbocycles. The summed E-state index contributed by atoms with van der Waals surface area (Å²) in [4.78, 5) is 14.6. The van der Waals surface area contributed by atoms with Gasteiger partial charge in [-0.1, -0.05) is 12.1 Å². The molecule has 0 spiro atoms. The summed E-state index contributed by atoms with van der Waals surface area (Å²) in [6.45, 7) is 0.760. The number of amides is 1. The molecule has 0 aliphatic heterocycles. The molecule has 4 heteroatoms. The molecule has 1 aromatic heterocycles. The number of aryl methyl sites for hydroxylation is 1. The highest BCUT2D eigenvalue weighted by molar-refractivity contribution is 7.07. The van der Waals surface area contributed by atoms with Gasteiger partial charge in [-0.15, -0.1) is 0 Å². The molecule has 0 unspecified atom stereocenters. The first-order valence-electron chi connectivity index (χ1n) is 7.70. The van der Waals surface area contributed by atoms with E-state index in [1.807, 2.05) is 24.3 Å². The zero-order valence-corrected chi connectivity index (χ0v) is 13.6. The van der Waals surface area contributed by atoms with Gasteiger partial charge in [0.1, 0.15) is 5.75 Å². The van der Waals surface area contributed by atoms with Gasteiger partial charge in [-0.3, -0.25) is 4.79 Å². The van der Waals surface area contributed by atoms with Crippen LogP contribution in [0.25, 0.3) is 0 Å². The molecule has 1 aliphatic carbocycles. The molecule has 1 saturated carbocycles. The molecule has 1 amide bonds.